The highest BCUT2D eigenvalue weighted by atomic mass is 79.9. The molecule has 0 bridgehead atoms. The Bertz CT molecular complexity index is 1220. The van der Waals surface area contributed by atoms with E-state index in [0.29, 0.717) is 34.7 Å². The Morgan fingerprint density at radius 1 is 1.06 bits per heavy atom. The second-order valence-electron chi connectivity index (χ2n) is 7.40. The molecule has 0 aliphatic carbocycles. The summed E-state index contributed by atoms with van der Waals surface area (Å²) < 4.78 is 51.7. The van der Waals surface area contributed by atoms with E-state index in [2.05, 4.69) is 47.7 Å². The minimum absolute atomic E-state index is 0.174. The van der Waals surface area contributed by atoms with Crippen LogP contribution in [0, 0.1) is 0 Å². The zero-order valence-electron chi connectivity index (χ0n) is 19.0. The standard InChI is InChI=1S/C25H22Br2F3N3O3/c1-2-35-22-11-17(10-21(27)24(22)36-15-16-6-8-19(26)9-7-16)13-32-33-23(34)14-31-20-5-3-4-18(12-20)25(28,29)30/h3-13,31H,2,14-15H2,1H3,(H,33,34)/b32-13-. The molecule has 0 saturated heterocycles. The van der Waals surface area contributed by atoms with E-state index in [9.17, 15) is 18.0 Å². The van der Waals surface area contributed by atoms with Gasteiger partial charge in [-0.05, 0) is 76.4 Å². The lowest BCUT2D eigenvalue weighted by molar-refractivity contribution is -0.137. The van der Waals surface area contributed by atoms with Crippen LogP contribution in [0.5, 0.6) is 11.5 Å². The van der Waals surface area contributed by atoms with Gasteiger partial charge in [-0.25, -0.2) is 5.43 Å². The van der Waals surface area contributed by atoms with Crippen molar-refractivity contribution < 1.29 is 27.4 Å². The number of halogens is 5. The van der Waals surface area contributed by atoms with Crippen molar-refractivity contribution in [3.05, 3.63) is 86.3 Å². The first-order valence-corrected chi connectivity index (χ1v) is 12.3. The second kappa shape index (κ2) is 12.8. The highest BCUT2D eigenvalue weighted by Crippen LogP contribution is 2.37. The Morgan fingerprint density at radius 3 is 2.50 bits per heavy atom. The van der Waals surface area contributed by atoms with Gasteiger partial charge in [0.25, 0.3) is 5.91 Å². The molecule has 0 radical (unpaired) electrons. The zero-order valence-corrected chi connectivity index (χ0v) is 22.2. The van der Waals surface area contributed by atoms with Gasteiger partial charge in [0, 0.05) is 10.2 Å². The number of nitrogens with zero attached hydrogens (tertiary/aromatic N) is 1. The van der Waals surface area contributed by atoms with Crippen LogP contribution in [-0.2, 0) is 17.6 Å². The molecule has 3 aromatic rings. The molecule has 0 spiro atoms. The van der Waals surface area contributed by atoms with Gasteiger partial charge in [0.15, 0.2) is 11.5 Å². The third-order valence-corrected chi connectivity index (χ3v) is 5.79. The summed E-state index contributed by atoms with van der Waals surface area (Å²) in [5, 5.41) is 6.56. The molecule has 0 heterocycles. The van der Waals surface area contributed by atoms with Gasteiger partial charge in [0.2, 0.25) is 0 Å². The summed E-state index contributed by atoms with van der Waals surface area (Å²) in [5.74, 6) is 0.511. The molecule has 6 nitrogen and oxygen atoms in total. The summed E-state index contributed by atoms with van der Waals surface area (Å²) in [6.45, 7) is 2.36. The lowest BCUT2D eigenvalue weighted by atomic mass is 10.2. The minimum atomic E-state index is -4.46. The normalized spacial score (nSPS) is 11.4. The van der Waals surface area contributed by atoms with Crippen LogP contribution in [0.1, 0.15) is 23.6 Å². The van der Waals surface area contributed by atoms with Crippen LogP contribution in [0.15, 0.2) is 74.7 Å². The average Bonchev–Trinajstić information content (AvgIpc) is 2.83. The topological polar surface area (TPSA) is 72.0 Å². The van der Waals surface area contributed by atoms with Gasteiger partial charge in [0.1, 0.15) is 6.61 Å². The van der Waals surface area contributed by atoms with Gasteiger partial charge in [-0.1, -0.05) is 34.1 Å². The summed E-state index contributed by atoms with van der Waals surface area (Å²) in [7, 11) is 0. The molecule has 0 atom stereocenters. The molecule has 0 aromatic heterocycles. The van der Waals surface area contributed by atoms with Crippen molar-refractivity contribution in [2.75, 3.05) is 18.5 Å². The molecule has 190 valence electrons. The number of carbonyl (C=O) groups is 1. The quantitative estimate of drug-likeness (QED) is 0.192. The number of hydrazone groups is 1. The third kappa shape index (κ3) is 8.27. The Labute approximate surface area is 223 Å². The Balaban J connectivity index is 1.59. The highest BCUT2D eigenvalue weighted by Gasteiger charge is 2.30. The van der Waals surface area contributed by atoms with E-state index in [1.165, 1.54) is 18.3 Å². The van der Waals surface area contributed by atoms with Crippen LogP contribution < -0.4 is 20.2 Å². The van der Waals surface area contributed by atoms with Crippen molar-refractivity contribution in [3.63, 3.8) is 0 Å². The Morgan fingerprint density at radius 2 is 1.81 bits per heavy atom. The number of ether oxygens (including phenoxy) is 2. The smallest absolute Gasteiger partial charge is 0.416 e. The predicted molar refractivity (Wildman–Crippen MR) is 139 cm³/mol. The van der Waals surface area contributed by atoms with Crippen molar-refractivity contribution in [2.24, 2.45) is 5.10 Å². The number of benzene rings is 3. The maximum absolute atomic E-state index is 12.8. The van der Waals surface area contributed by atoms with Gasteiger partial charge in [0.05, 0.1) is 29.4 Å². The fourth-order valence-electron chi connectivity index (χ4n) is 3.01. The van der Waals surface area contributed by atoms with Gasteiger partial charge < -0.3 is 14.8 Å². The van der Waals surface area contributed by atoms with E-state index >= 15 is 0 Å². The minimum Gasteiger partial charge on any atom is -0.490 e. The van der Waals surface area contributed by atoms with Crippen LogP contribution in [0.3, 0.4) is 0 Å². The molecule has 2 N–H and O–H groups in total. The van der Waals surface area contributed by atoms with E-state index in [1.807, 2.05) is 31.2 Å². The number of anilines is 1. The van der Waals surface area contributed by atoms with E-state index in [1.54, 1.807) is 12.1 Å². The molecule has 0 saturated carbocycles. The fraction of sp³-hybridized carbons (Fsp3) is 0.200. The SMILES string of the molecule is CCOc1cc(/C=N\NC(=O)CNc2cccc(C(F)(F)F)c2)cc(Br)c1OCc1ccc(Br)cc1. The largest absolute Gasteiger partial charge is 0.490 e. The molecule has 0 aliphatic heterocycles. The first-order valence-electron chi connectivity index (χ1n) is 10.7. The molecular formula is C25H22Br2F3N3O3. The number of hydrogen-bond donors (Lipinski definition) is 2. The molecule has 3 rings (SSSR count). The number of hydrogen-bond acceptors (Lipinski definition) is 5. The lowest BCUT2D eigenvalue weighted by Crippen LogP contribution is -2.26. The number of alkyl halides is 3. The van der Waals surface area contributed by atoms with Crippen LogP contribution >= 0.6 is 31.9 Å². The van der Waals surface area contributed by atoms with Crippen molar-refractivity contribution in [3.8, 4) is 11.5 Å². The summed E-state index contributed by atoms with van der Waals surface area (Å²) in [6, 6.07) is 15.8. The van der Waals surface area contributed by atoms with Gasteiger partial charge in [-0.2, -0.15) is 18.3 Å². The van der Waals surface area contributed by atoms with Gasteiger partial charge in [-0.15, -0.1) is 0 Å². The molecule has 0 aliphatic rings. The van der Waals surface area contributed by atoms with E-state index in [0.717, 1.165) is 22.2 Å². The first-order chi connectivity index (χ1) is 17.2. The van der Waals surface area contributed by atoms with Crippen LogP contribution in [0.25, 0.3) is 0 Å². The zero-order chi connectivity index (χ0) is 26.1. The molecule has 0 unspecified atom stereocenters. The summed E-state index contributed by atoms with van der Waals surface area (Å²) in [5.41, 5.74) is 3.33. The molecular weight excluding hydrogens is 607 g/mol. The molecule has 3 aromatic carbocycles. The number of amides is 1. The van der Waals surface area contributed by atoms with E-state index in [-0.39, 0.29) is 12.2 Å². The monoisotopic (exact) mass is 627 g/mol. The summed E-state index contributed by atoms with van der Waals surface area (Å²) in [6.07, 6.45) is -3.04. The maximum Gasteiger partial charge on any atom is 0.416 e. The lowest BCUT2D eigenvalue weighted by Gasteiger charge is -2.15. The molecule has 0 fully saturated rings. The van der Waals surface area contributed by atoms with Crippen molar-refractivity contribution in [1.82, 2.24) is 5.43 Å². The Kier molecular flexibility index (Phi) is 9.77. The number of nitrogens with one attached hydrogen (secondary N) is 2. The van der Waals surface area contributed by atoms with Crippen LogP contribution in [-0.4, -0.2) is 25.3 Å². The average molecular weight is 629 g/mol. The maximum atomic E-state index is 12.8. The van der Waals surface area contributed by atoms with E-state index < -0.39 is 17.6 Å². The third-order valence-electron chi connectivity index (χ3n) is 4.67. The molecule has 11 heteroatoms. The number of carbonyl (C=O) groups excluding carboxylic acids is 1. The molecule has 36 heavy (non-hydrogen) atoms. The first kappa shape index (κ1) is 27.5. The van der Waals surface area contributed by atoms with Crippen molar-refractivity contribution in [1.29, 1.82) is 0 Å². The molecule has 1 amide bonds. The van der Waals surface area contributed by atoms with Crippen molar-refractivity contribution in [2.45, 2.75) is 19.7 Å². The predicted octanol–water partition coefficient (Wildman–Crippen LogP) is 6.77. The van der Waals surface area contributed by atoms with Crippen molar-refractivity contribution >= 4 is 49.7 Å². The number of rotatable bonds is 10. The van der Waals surface area contributed by atoms with Gasteiger partial charge >= 0.3 is 6.18 Å². The summed E-state index contributed by atoms with van der Waals surface area (Å²) >= 11 is 6.90. The Hall–Kier alpha value is -3.05. The van der Waals surface area contributed by atoms with Crippen LogP contribution in [0.2, 0.25) is 0 Å². The second-order valence-corrected chi connectivity index (χ2v) is 9.17. The fourth-order valence-corrected chi connectivity index (χ4v) is 3.85. The van der Waals surface area contributed by atoms with Crippen LogP contribution in [0.4, 0.5) is 18.9 Å². The highest BCUT2D eigenvalue weighted by molar-refractivity contribution is 9.10. The summed E-state index contributed by atoms with van der Waals surface area (Å²) in [4.78, 5) is 12.1. The van der Waals surface area contributed by atoms with E-state index in [4.69, 9.17) is 9.47 Å². The van der Waals surface area contributed by atoms with Gasteiger partial charge in [-0.3, -0.25) is 4.79 Å².